The van der Waals surface area contributed by atoms with Crippen molar-refractivity contribution in [1.82, 2.24) is 19.4 Å². The van der Waals surface area contributed by atoms with Crippen molar-refractivity contribution < 1.29 is 4.79 Å². The summed E-state index contributed by atoms with van der Waals surface area (Å²) in [7, 11) is 0. The second kappa shape index (κ2) is 7.49. The fourth-order valence-corrected chi connectivity index (χ4v) is 3.18. The fraction of sp³-hybridized carbons (Fsp3) is 0.250. The van der Waals surface area contributed by atoms with Gasteiger partial charge in [0.05, 0.1) is 0 Å². The number of nitrogens with zero attached hydrogens (tertiary/aromatic N) is 5. The number of anilines is 2. The van der Waals surface area contributed by atoms with Gasteiger partial charge in [0.15, 0.2) is 0 Å². The van der Waals surface area contributed by atoms with Crippen LogP contribution in [-0.2, 0) is 0 Å². The molecule has 0 aliphatic carbocycles. The van der Waals surface area contributed by atoms with Crippen molar-refractivity contribution in [3.05, 3.63) is 66.7 Å². The quantitative estimate of drug-likeness (QED) is 0.778. The van der Waals surface area contributed by atoms with E-state index in [1.165, 1.54) is 0 Å². The summed E-state index contributed by atoms with van der Waals surface area (Å²) in [6.07, 6.45) is 3.94. The second-order valence-corrected chi connectivity index (χ2v) is 6.49. The van der Waals surface area contributed by atoms with E-state index in [-0.39, 0.29) is 6.03 Å². The van der Waals surface area contributed by atoms with Gasteiger partial charge in [-0.15, -0.1) is 0 Å². The summed E-state index contributed by atoms with van der Waals surface area (Å²) in [6, 6.07) is 15.4. The van der Waals surface area contributed by atoms with E-state index in [1.807, 2.05) is 77.3 Å². The molecule has 1 saturated heterocycles. The Morgan fingerprint density at radius 1 is 0.926 bits per heavy atom. The molecule has 1 fully saturated rings. The van der Waals surface area contributed by atoms with Crippen molar-refractivity contribution in [3.63, 3.8) is 0 Å². The Morgan fingerprint density at radius 3 is 2.30 bits per heavy atom. The van der Waals surface area contributed by atoms with Crippen LogP contribution in [-0.4, -0.2) is 51.6 Å². The van der Waals surface area contributed by atoms with E-state index in [2.05, 4.69) is 20.2 Å². The number of carbonyl (C=O) groups excluding carboxylic acids is 1. The van der Waals surface area contributed by atoms with E-state index in [1.54, 1.807) is 0 Å². The van der Waals surface area contributed by atoms with E-state index < -0.39 is 0 Å². The molecule has 0 bridgehead atoms. The lowest BCUT2D eigenvalue weighted by molar-refractivity contribution is 0.208. The van der Waals surface area contributed by atoms with Gasteiger partial charge in [-0.2, -0.15) is 0 Å². The monoisotopic (exact) mass is 362 g/mol. The van der Waals surface area contributed by atoms with Gasteiger partial charge >= 0.3 is 6.03 Å². The minimum absolute atomic E-state index is 0.0623. The first-order valence-corrected chi connectivity index (χ1v) is 9.04. The summed E-state index contributed by atoms with van der Waals surface area (Å²) in [5.41, 5.74) is 0.813. The number of hydrogen-bond acceptors (Lipinski definition) is 4. The highest BCUT2D eigenvalue weighted by Gasteiger charge is 2.22. The molecule has 1 aliphatic rings. The highest BCUT2D eigenvalue weighted by Crippen LogP contribution is 2.18. The Hall–Kier alpha value is -3.35. The summed E-state index contributed by atoms with van der Waals surface area (Å²) in [5.74, 6) is 2.49. The van der Waals surface area contributed by atoms with Crippen molar-refractivity contribution in [2.24, 2.45) is 0 Å². The molecule has 4 rings (SSSR count). The molecule has 1 aromatic carbocycles. The highest BCUT2D eigenvalue weighted by molar-refractivity contribution is 5.89. The summed E-state index contributed by atoms with van der Waals surface area (Å²) < 4.78 is 1.97. The normalized spacial score (nSPS) is 14.3. The zero-order chi connectivity index (χ0) is 18.6. The Kier molecular flexibility index (Phi) is 4.74. The molecule has 7 heteroatoms. The smallest absolute Gasteiger partial charge is 0.321 e. The zero-order valence-electron chi connectivity index (χ0n) is 15.2. The van der Waals surface area contributed by atoms with Gasteiger partial charge < -0.3 is 19.7 Å². The molecule has 27 heavy (non-hydrogen) atoms. The van der Waals surface area contributed by atoms with Crippen molar-refractivity contribution in [2.75, 3.05) is 36.4 Å². The summed E-state index contributed by atoms with van der Waals surface area (Å²) in [6.45, 7) is 4.69. The number of amides is 2. The van der Waals surface area contributed by atoms with Crippen LogP contribution in [0.2, 0.25) is 0 Å². The summed E-state index contributed by atoms with van der Waals surface area (Å²) >= 11 is 0. The third-order valence-corrected chi connectivity index (χ3v) is 4.60. The molecule has 0 spiro atoms. The van der Waals surface area contributed by atoms with Gasteiger partial charge in [0, 0.05) is 50.3 Å². The van der Waals surface area contributed by atoms with Crippen LogP contribution >= 0.6 is 0 Å². The van der Waals surface area contributed by atoms with Crippen molar-refractivity contribution in [3.8, 4) is 5.82 Å². The molecule has 138 valence electrons. The predicted octanol–water partition coefficient (Wildman–Crippen LogP) is 2.93. The molecular formula is C20H22N6O. The molecule has 0 saturated carbocycles. The predicted molar refractivity (Wildman–Crippen MR) is 105 cm³/mol. The lowest BCUT2D eigenvalue weighted by Gasteiger charge is -2.35. The lowest BCUT2D eigenvalue weighted by atomic mass is 10.3. The maximum atomic E-state index is 12.4. The number of para-hydroxylation sites is 1. The molecule has 3 heterocycles. The molecule has 0 unspecified atom stereocenters. The van der Waals surface area contributed by atoms with Crippen molar-refractivity contribution >= 4 is 17.5 Å². The molecule has 0 radical (unpaired) electrons. The van der Waals surface area contributed by atoms with Crippen molar-refractivity contribution in [2.45, 2.75) is 6.92 Å². The molecule has 7 nitrogen and oxygen atoms in total. The fourth-order valence-electron chi connectivity index (χ4n) is 3.18. The maximum Gasteiger partial charge on any atom is 0.321 e. The first-order chi connectivity index (χ1) is 13.2. The Morgan fingerprint density at radius 2 is 1.59 bits per heavy atom. The van der Waals surface area contributed by atoms with Gasteiger partial charge in [-0.05, 0) is 31.2 Å². The maximum absolute atomic E-state index is 12.4. The second-order valence-electron chi connectivity index (χ2n) is 6.49. The average molecular weight is 362 g/mol. The van der Waals surface area contributed by atoms with E-state index in [9.17, 15) is 4.79 Å². The number of benzene rings is 1. The topological polar surface area (TPSA) is 66.3 Å². The van der Waals surface area contributed by atoms with Gasteiger partial charge in [0.1, 0.15) is 17.5 Å². The average Bonchev–Trinajstić information content (AvgIpc) is 3.23. The SMILES string of the molecule is Cc1nc(N2CCN(C(=O)Nc3ccccc3)CC2)cc(-n2cccc2)n1. The first-order valence-electron chi connectivity index (χ1n) is 9.04. The van der Waals surface area contributed by atoms with Crippen LogP contribution in [0, 0.1) is 6.92 Å². The van der Waals surface area contributed by atoms with Crippen LogP contribution < -0.4 is 10.2 Å². The van der Waals surface area contributed by atoms with Crippen LogP contribution in [0.15, 0.2) is 60.9 Å². The Balaban J connectivity index is 1.41. The van der Waals surface area contributed by atoms with Gasteiger partial charge in [-0.25, -0.2) is 14.8 Å². The third-order valence-electron chi connectivity index (χ3n) is 4.60. The Labute approximate surface area is 158 Å². The van der Waals surface area contributed by atoms with Crippen LogP contribution in [0.5, 0.6) is 0 Å². The van der Waals surface area contributed by atoms with Gasteiger partial charge in [-0.3, -0.25) is 0 Å². The molecule has 2 amide bonds. The van der Waals surface area contributed by atoms with Crippen LogP contribution in [0.3, 0.4) is 0 Å². The minimum atomic E-state index is -0.0623. The summed E-state index contributed by atoms with van der Waals surface area (Å²) in [4.78, 5) is 25.6. The molecule has 0 atom stereocenters. The summed E-state index contributed by atoms with van der Waals surface area (Å²) in [5, 5.41) is 2.94. The first kappa shape index (κ1) is 17.1. The van der Waals surface area contributed by atoms with Gasteiger partial charge in [0.2, 0.25) is 0 Å². The van der Waals surface area contributed by atoms with Crippen LogP contribution in [0.4, 0.5) is 16.3 Å². The zero-order valence-corrected chi connectivity index (χ0v) is 15.2. The van der Waals surface area contributed by atoms with E-state index in [4.69, 9.17) is 0 Å². The van der Waals surface area contributed by atoms with Crippen LogP contribution in [0.25, 0.3) is 5.82 Å². The number of urea groups is 1. The van der Waals surface area contributed by atoms with E-state index in [0.29, 0.717) is 13.1 Å². The third kappa shape index (κ3) is 3.92. The molecule has 1 N–H and O–H groups in total. The van der Waals surface area contributed by atoms with Gasteiger partial charge in [0.25, 0.3) is 0 Å². The number of nitrogens with one attached hydrogen (secondary N) is 1. The molecular weight excluding hydrogens is 340 g/mol. The largest absolute Gasteiger partial charge is 0.353 e. The van der Waals surface area contributed by atoms with Crippen LogP contribution in [0.1, 0.15) is 5.82 Å². The van der Waals surface area contributed by atoms with Gasteiger partial charge in [-0.1, -0.05) is 18.2 Å². The minimum Gasteiger partial charge on any atom is -0.353 e. The standard InChI is InChI=1S/C20H22N6O/c1-16-21-18(24-9-5-6-10-24)15-19(22-16)25-11-13-26(14-12-25)20(27)23-17-7-3-2-4-8-17/h2-10,15H,11-14H2,1H3,(H,23,27). The van der Waals surface area contributed by atoms with E-state index in [0.717, 1.165) is 36.2 Å². The lowest BCUT2D eigenvalue weighted by Crippen LogP contribution is -2.50. The number of rotatable bonds is 3. The molecule has 3 aromatic rings. The molecule has 1 aliphatic heterocycles. The number of piperazine rings is 1. The number of aromatic nitrogens is 3. The Bertz CT molecular complexity index is 901. The highest BCUT2D eigenvalue weighted by atomic mass is 16.2. The van der Waals surface area contributed by atoms with Crippen molar-refractivity contribution in [1.29, 1.82) is 0 Å². The molecule has 2 aromatic heterocycles. The number of aryl methyl sites for hydroxylation is 1. The number of carbonyl (C=O) groups is 1. The number of hydrogen-bond donors (Lipinski definition) is 1. The van der Waals surface area contributed by atoms with E-state index >= 15 is 0 Å².